The van der Waals surface area contributed by atoms with Crippen molar-refractivity contribution in [1.82, 2.24) is 0 Å². The van der Waals surface area contributed by atoms with Gasteiger partial charge in [-0.05, 0) is 96.6 Å². The van der Waals surface area contributed by atoms with E-state index in [0.717, 1.165) is 30.3 Å². The number of nitrogens with one attached hydrogen (secondary N) is 3. The zero-order valence-corrected chi connectivity index (χ0v) is 31.7. The first kappa shape index (κ1) is 41.3. The Kier molecular flexibility index (Phi) is 11.2. The number of benzene rings is 4. The van der Waals surface area contributed by atoms with E-state index in [1.807, 2.05) is 0 Å². The molecule has 4 aromatic rings. The van der Waals surface area contributed by atoms with Gasteiger partial charge in [-0.3, -0.25) is 44.2 Å². The van der Waals surface area contributed by atoms with E-state index in [4.69, 9.17) is 5.73 Å². The van der Waals surface area contributed by atoms with Gasteiger partial charge in [-0.2, -0.15) is 40.6 Å². The van der Waals surface area contributed by atoms with Crippen LogP contribution >= 0.6 is 0 Å². The van der Waals surface area contributed by atoms with Crippen LogP contribution in [0, 0.1) is 10.1 Å². The number of nitrogens with two attached hydrogens (primary N) is 1. The Morgan fingerprint density at radius 2 is 1.27 bits per heavy atom. The Hall–Kier alpha value is -7.29. The first-order valence-electron chi connectivity index (χ1n) is 16.1. The van der Waals surface area contributed by atoms with Gasteiger partial charge < -0.3 is 11.1 Å². The van der Waals surface area contributed by atoms with E-state index < -0.39 is 84.0 Å². The molecule has 0 heterocycles. The van der Waals surface area contributed by atoms with Crippen molar-refractivity contribution >= 4 is 105 Å². The molecular formula is C34H25N9O13S3. The molecule has 0 atom stereocenters. The second kappa shape index (κ2) is 15.9. The van der Waals surface area contributed by atoms with Crippen LogP contribution in [-0.4, -0.2) is 66.8 Å². The summed E-state index contributed by atoms with van der Waals surface area (Å²) in [6.07, 6.45) is 6.35. The molecule has 2 aliphatic rings. The van der Waals surface area contributed by atoms with Crippen LogP contribution in [0.15, 0.2) is 132 Å². The molecule has 0 aliphatic heterocycles. The minimum absolute atomic E-state index is 0.0473. The van der Waals surface area contributed by atoms with E-state index in [0.29, 0.717) is 29.2 Å². The molecule has 2 aliphatic carbocycles. The Morgan fingerprint density at radius 3 is 1.86 bits per heavy atom. The van der Waals surface area contributed by atoms with Crippen LogP contribution < -0.4 is 21.9 Å². The monoisotopic (exact) mass is 863 g/mol. The van der Waals surface area contributed by atoms with Crippen LogP contribution in [0.3, 0.4) is 0 Å². The molecule has 6 rings (SSSR count). The average molecular weight is 864 g/mol. The molecule has 0 radical (unpaired) electrons. The number of anilines is 5. The van der Waals surface area contributed by atoms with Crippen LogP contribution in [0.1, 0.15) is 15.9 Å². The van der Waals surface area contributed by atoms with Crippen molar-refractivity contribution in [1.29, 1.82) is 0 Å². The number of nitro groups is 1. The number of hydrogen-bond donors (Lipinski definition) is 7. The summed E-state index contributed by atoms with van der Waals surface area (Å²) >= 11 is 0. The van der Waals surface area contributed by atoms with Crippen LogP contribution in [0.2, 0.25) is 0 Å². The highest BCUT2D eigenvalue weighted by Gasteiger charge is 2.37. The van der Waals surface area contributed by atoms with Crippen molar-refractivity contribution in [2.45, 2.75) is 9.79 Å². The smallest absolute Gasteiger partial charge is 0.296 e. The number of fused-ring (bicyclic) bond motifs is 1. The van der Waals surface area contributed by atoms with Gasteiger partial charge in [0.2, 0.25) is 5.78 Å². The van der Waals surface area contributed by atoms with Gasteiger partial charge >= 0.3 is 0 Å². The molecule has 0 aromatic heterocycles. The van der Waals surface area contributed by atoms with Gasteiger partial charge in [-0.1, -0.05) is 0 Å². The van der Waals surface area contributed by atoms with Crippen molar-refractivity contribution in [2.24, 2.45) is 20.4 Å². The lowest BCUT2D eigenvalue weighted by Crippen LogP contribution is -2.28. The van der Waals surface area contributed by atoms with E-state index in [9.17, 15) is 58.6 Å². The molecule has 302 valence electrons. The summed E-state index contributed by atoms with van der Waals surface area (Å²) in [5.74, 6) is -1.50. The van der Waals surface area contributed by atoms with E-state index in [2.05, 4.69) is 36.6 Å². The fraction of sp³-hybridized carbons (Fsp3) is 0. The number of azo groups is 1. The van der Waals surface area contributed by atoms with Crippen molar-refractivity contribution in [3.63, 3.8) is 0 Å². The summed E-state index contributed by atoms with van der Waals surface area (Å²) < 4.78 is 105. The summed E-state index contributed by atoms with van der Waals surface area (Å²) in [5, 5.41) is 29.2. The van der Waals surface area contributed by atoms with Gasteiger partial charge in [0.05, 0.1) is 44.6 Å². The third-order valence-corrected chi connectivity index (χ3v) is 10.7. The quantitative estimate of drug-likeness (QED) is 0.0241. The van der Waals surface area contributed by atoms with Gasteiger partial charge in [0, 0.05) is 17.8 Å². The number of non-ortho nitro benzene ring substituents is 1. The molecule has 0 saturated carbocycles. The summed E-state index contributed by atoms with van der Waals surface area (Å²) in [6.45, 7) is 0. The number of hydrogen-bond acceptors (Lipinski definition) is 18. The van der Waals surface area contributed by atoms with Gasteiger partial charge in [0.25, 0.3) is 36.0 Å². The number of nitrogens with zero attached hydrogens (tertiary/aromatic N) is 5. The fourth-order valence-corrected chi connectivity index (χ4v) is 7.31. The number of carbonyl (C=O) groups is 2. The van der Waals surface area contributed by atoms with Gasteiger partial charge in [0.15, 0.2) is 11.5 Å². The number of nitrogen functional groups attached to an aromatic ring is 1. The molecule has 0 bridgehead atoms. The Morgan fingerprint density at radius 1 is 0.678 bits per heavy atom. The highest BCUT2D eigenvalue weighted by Crippen LogP contribution is 2.41. The number of rotatable bonds is 12. The highest BCUT2D eigenvalue weighted by atomic mass is 32.2. The lowest BCUT2D eigenvalue weighted by atomic mass is 9.92. The molecule has 0 unspecified atom stereocenters. The summed E-state index contributed by atoms with van der Waals surface area (Å²) in [5.41, 5.74) is 8.22. The molecular weight excluding hydrogens is 839 g/mol. The lowest BCUT2D eigenvalue weighted by molar-refractivity contribution is -0.384. The standard InChI is InChI=1S/C34H25N9O13S3/c35-31-30-18(15-28(58(51,52)53)32(31)41-39-21-5-10-24(11-6-21)43(46)47)16-29(59(54,55)56)33(34(30)45)42-40-23-9-14-26(27(17-23)57(48,49)50)36-19-1-3-20(4-2-19)37-38-22-7-12-25(44)13-8-22/h1-17,36-37,40H,35H2,(H,48,49,50)(H,51,52,53)(H,54,55,56). The van der Waals surface area contributed by atoms with Gasteiger partial charge in [0.1, 0.15) is 20.4 Å². The third-order valence-electron chi connectivity index (χ3n) is 8.05. The van der Waals surface area contributed by atoms with Crippen molar-refractivity contribution in [2.75, 3.05) is 21.9 Å². The first-order valence-corrected chi connectivity index (χ1v) is 20.4. The van der Waals surface area contributed by atoms with Crippen molar-refractivity contribution in [3.8, 4) is 0 Å². The second-order valence-electron chi connectivity index (χ2n) is 12.0. The predicted molar refractivity (Wildman–Crippen MR) is 213 cm³/mol. The number of ketones is 2. The molecule has 0 spiro atoms. The van der Waals surface area contributed by atoms with Crippen molar-refractivity contribution < 1.29 is 53.4 Å². The topological polar surface area (TPSA) is 352 Å². The number of Topliss-reactive ketones (excluding diaryl/α,β-unsaturated/α-hetero) is 1. The lowest BCUT2D eigenvalue weighted by Gasteiger charge is -2.20. The van der Waals surface area contributed by atoms with Crippen LogP contribution in [0.4, 0.5) is 45.5 Å². The molecule has 0 amide bonds. The Balaban J connectivity index is 1.31. The highest BCUT2D eigenvalue weighted by molar-refractivity contribution is 7.91. The van der Waals surface area contributed by atoms with Gasteiger partial charge in [-0.25, -0.2) is 0 Å². The molecule has 4 aromatic carbocycles. The average Bonchev–Trinajstić information content (AvgIpc) is 3.16. The predicted octanol–water partition coefficient (Wildman–Crippen LogP) is 5.19. The van der Waals surface area contributed by atoms with E-state index in [1.54, 1.807) is 24.3 Å². The zero-order valence-electron chi connectivity index (χ0n) is 29.3. The van der Waals surface area contributed by atoms with Crippen LogP contribution in [0.25, 0.3) is 6.08 Å². The number of nitro benzene ring substituents is 1. The van der Waals surface area contributed by atoms with Crippen molar-refractivity contribution in [3.05, 3.63) is 123 Å². The molecule has 8 N–H and O–H groups in total. The number of allylic oxidation sites excluding steroid dienone is 5. The van der Waals surface area contributed by atoms with E-state index in [-0.39, 0.29) is 28.5 Å². The van der Waals surface area contributed by atoms with E-state index in [1.165, 1.54) is 36.4 Å². The molecule has 25 heteroatoms. The molecule has 22 nitrogen and oxygen atoms in total. The van der Waals surface area contributed by atoms with Crippen LogP contribution in [0.5, 0.6) is 0 Å². The minimum Gasteiger partial charge on any atom is -0.396 e. The second-order valence-corrected chi connectivity index (χ2v) is 16.2. The maximum Gasteiger partial charge on any atom is 0.296 e. The third kappa shape index (κ3) is 9.47. The SMILES string of the molecule is Nc1c(N=Nc2ccc([N+](=O)[O-])cc2)c(S(=O)(=O)O)cc2c1C(=O)C(=NNc1ccc(Nc3ccc(NN=C4C=CC(=O)C=C4)cc3)c(S(=O)(=O)O)c1)C(S(=O)(=O)O)=C2. The molecule has 0 saturated heterocycles. The Labute approximate surface area is 332 Å². The molecule has 59 heavy (non-hydrogen) atoms. The zero-order chi connectivity index (χ0) is 42.9. The fourth-order valence-electron chi connectivity index (χ4n) is 5.31. The van der Waals surface area contributed by atoms with Crippen LogP contribution in [-0.2, 0) is 35.1 Å². The van der Waals surface area contributed by atoms with Gasteiger partial charge in [-0.15, -0.1) is 5.11 Å². The number of carbonyl (C=O) groups excluding carboxylic acids is 2. The summed E-state index contributed by atoms with van der Waals surface area (Å²) in [6, 6.07) is 14.6. The molecule has 0 fully saturated rings. The maximum atomic E-state index is 13.9. The van der Waals surface area contributed by atoms with E-state index >= 15 is 0 Å². The number of hydrazone groups is 2. The maximum absolute atomic E-state index is 13.9. The summed E-state index contributed by atoms with van der Waals surface area (Å²) in [4.78, 5) is 32.5. The summed E-state index contributed by atoms with van der Waals surface area (Å²) in [7, 11) is -15.5. The minimum atomic E-state index is -5.32. The Bertz CT molecular complexity index is 2980. The first-order chi connectivity index (χ1) is 27.7. The largest absolute Gasteiger partial charge is 0.396 e. The normalized spacial score (nSPS) is 14.9.